The highest BCUT2D eigenvalue weighted by Gasteiger charge is 2.23. The Morgan fingerprint density at radius 1 is 1.26 bits per heavy atom. The largest absolute Gasteiger partial charge is 0.496 e. The van der Waals surface area contributed by atoms with E-state index in [0.29, 0.717) is 41.7 Å². The van der Waals surface area contributed by atoms with Crippen molar-refractivity contribution in [2.45, 2.75) is 26.6 Å². The molecule has 0 unspecified atom stereocenters. The summed E-state index contributed by atoms with van der Waals surface area (Å²) in [6.07, 6.45) is -0.541. The van der Waals surface area contributed by atoms with Crippen molar-refractivity contribution in [1.29, 1.82) is 0 Å². The van der Waals surface area contributed by atoms with Gasteiger partial charge in [-0.2, -0.15) is 0 Å². The highest BCUT2D eigenvalue weighted by atomic mass is 16.5. The number of hydrogen-bond donors (Lipinski definition) is 2. The third-order valence-corrected chi connectivity index (χ3v) is 4.17. The highest BCUT2D eigenvalue weighted by Crippen LogP contribution is 2.32. The molecule has 1 aliphatic rings. The molecule has 0 bridgehead atoms. The van der Waals surface area contributed by atoms with E-state index in [-0.39, 0.29) is 11.8 Å². The lowest BCUT2D eigenvalue weighted by molar-refractivity contribution is -0.122. The van der Waals surface area contributed by atoms with Crippen molar-refractivity contribution >= 4 is 23.2 Å². The number of nitrogens with one attached hydrogen (secondary N) is 2. The zero-order valence-electron chi connectivity index (χ0n) is 15.5. The van der Waals surface area contributed by atoms with Crippen molar-refractivity contribution < 1.29 is 23.8 Å². The summed E-state index contributed by atoms with van der Waals surface area (Å²) >= 11 is 0. The Hall–Kier alpha value is -3.06. The Labute approximate surface area is 157 Å². The SMILES string of the molecule is CCOCc1cc(C(=O)Nc2ccc3c(c2)NC(=O)[C@@H](C)O3)ccc1OC. The molecule has 1 heterocycles. The Balaban J connectivity index is 1.77. The van der Waals surface area contributed by atoms with Gasteiger partial charge in [0, 0.05) is 23.4 Å². The van der Waals surface area contributed by atoms with E-state index >= 15 is 0 Å². The second-order valence-electron chi connectivity index (χ2n) is 6.08. The van der Waals surface area contributed by atoms with Crippen molar-refractivity contribution in [3.05, 3.63) is 47.5 Å². The first-order valence-electron chi connectivity index (χ1n) is 8.69. The Morgan fingerprint density at radius 3 is 2.81 bits per heavy atom. The monoisotopic (exact) mass is 370 g/mol. The number of hydrogen-bond acceptors (Lipinski definition) is 5. The second kappa shape index (κ2) is 8.09. The fourth-order valence-electron chi connectivity index (χ4n) is 2.73. The van der Waals surface area contributed by atoms with E-state index in [1.54, 1.807) is 50.4 Å². The van der Waals surface area contributed by atoms with Gasteiger partial charge in [-0.3, -0.25) is 9.59 Å². The molecule has 0 fully saturated rings. The zero-order chi connectivity index (χ0) is 19.4. The van der Waals surface area contributed by atoms with Gasteiger partial charge in [-0.15, -0.1) is 0 Å². The van der Waals surface area contributed by atoms with Crippen LogP contribution in [0.2, 0.25) is 0 Å². The molecule has 142 valence electrons. The second-order valence-corrected chi connectivity index (χ2v) is 6.08. The summed E-state index contributed by atoms with van der Waals surface area (Å²) in [6, 6.07) is 10.3. The van der Waals surface area contributed by atoms with E-state index < -0.39 is 6.10 Å². The molecule has 2 aromatic carbocycles. The van der Waals surface area contributed by atoms with Crippen LogP contribution in [0.15, 0.2) is 36.4 Å². The molecule has 0 spiro atoms. The highest BCUT2D eigenvalue weighted by molar-refractivity contribution is 6.05. The third kappa shape index (κ3) is 4.20. The Kier molecular flexibility index (Phi) is 5.61. The number of carbonyl (C=O) groups excluding carboxylic acids is 2. The Morgan fingerprint density at radius 2 is 2.07 bits per heavy atom. The van der Waals surface area contributed by atoms with Gasteiger partial charge in [-0.25, -0.2) is 0 Å². The lowest BCUT2D eigenvalue weighted by Gasteiger charge is -2.23. The topological polar surface area (TPSA) is 85.9 Å². The first-order chi connectivity index (χ1) is 13.0. The molecule has 0 saturated heterocycles. The van der Waals surface area contributed by atoms with Gasteiger partial charge in [0.1, 0.15) is 11.5 Å². The predicted molar refractivity (Wildman–Crippen MR) is 101 cm³/mol. The molecule has 2 aromatic rings. The molecule has 0 radical (unpaired) electrons. The van der Waals surface area contributed by atoms with E-state index in [2.05, 4.69) is 10.6 Å². The number of anilines is 2. The summed E-state index contributed by atoms with van der Waals surface area (Å²) in [4.78, 5) is 24.4. The summed E-state index contributed by atoms with van der Waals surface area (Å²) in [7, 11) is 1.58. The van der Waals surface area contributed by atoms with E-state index in [0.717, 1.165) is 5.56 Å². The van der Waals surface area contributed by atoms with Gasteiger partial charge < -0.3 is 24.8 Å². The van der Waals surface area contributed by atoms with Crippen LogP contribution in [0, 0.1) is 0 Å². The van der Waals surface area contributed by atoms with Crippen molar-refractivity contribution in [2.24, 2.45) is 0 Å². The molecular formula is C20H22N2O5. The van der Waals surface area contributed by atoms with Gasteiger partial charge >= 0.3 is 0 Å². The average molecular weight is 370 g/mol. The van der Waals surface area contributed by atoms with Crippen LogP contribution >= 0.6 is 0 Å². The molecule has 7 nitrogen and oxygen atoms in total. The van der Waals surface area contributed by atoms with Gasteiger partial charge in [0.2, 0.25) is 0 Å². The normalized spacial score (nSPS) is 15.4. The molecule has 3 rings (SSSR count). The molecule has 2 N–H and O–H groups in total. The van der Waals surface area contributed by atoms with Crippen molar-refractivity contribution in [3.63, 3.8) is 0 Å². The summed E-state index contributed by atoms with van der Waals surface area (Å²) in [5.41, 5.74) is 2.37. The number of carbonyl (C=O) groups is 2. The van der Waals surface area contributed by atoms with Gasteiger partial charge in [0.05, 0.1) is 19.4 Å². The summed E-state index contributed by atoms with van der Waals surface area (Å²) in [6.45, 7) is 4.52. The number of amides is 2. The van der Waals surface area contributed by atoms with Crippen LogP contribution in [0.4, 0.5) is 11.4 Å². The fourth-order valence-corrected chi connectivity index (χ4v) is 2.73. The smallest absolute Gasteiger partial charge is 0.265 e. The maximum atomic E-state index is 12.6. The maximum absolute atomic E-state index is 12.6. The lowest BCUT2D eigenvalue weighted by Crippen LogP contribution is -2.34. The zero-order valence-corrected chi connectivity index (χ0v) is 15.5. The molecule has 27 heavy (non-hydrogen) atoms. The summed E-state index contributed by atoms with van der Waals surface area (Å²) in [5, 5.41) is 5.59. The summed E-state index contributed by atoms with van der Waals surface area (Å²) in [5.74, 6) is 0.750. The molecule has 0 saturated carbocycles. The minimum atomic E-state index is -0.541. The molecule has 1 aliphatic heterocycles. The number of fused-ring (bicyclic) bond motifs is 1. The molecule has 0 aliphatic carbocycles. The van der Waals surface area contributed by atoms with Crippen LogP contribution in [0.5, 0.6) is 11.5 Å². The van der Waals surface area contributed by atoms with Crippen LogP contribution in [-0.2, 0) is 16.1 Å². The molecular weight excluding hydrogens is 348 g/mol. The van der Waals surface area contributed by atoms with Crippen molar-refractivity contribution in [1.82, 2.24) is 0 Å². The minimum absolute atomic E-state index is 0.221. The van der Waals surface area contributed by atoms with Crippen LogP contribution in [-0.4, -0.2) is 31.6 Å². The van der Waals surface area contributed by atoms with Crippen LogP contribution in [0.3, 0.4) is 0 Å². The van der Waals surface area contributed by atoms with E-state index in [1.807, 2.05) is 6.92 Å². The minimum Gasteiger partial charge on any atom is -0.496 e. The first kappa shape index (κ1) is 18.7. The average Bonchev–Trinajstić information content (AvgIpc) is 2.67. The number of benzene rings is 2. The third-order valence-electron chi connectivity index (χ3n) is 4.17. The van der Waals surface area contributed by atoms with Gasteiger partial charge in [0.15, 0.2) is 6.10 Å². The van der Waals surface area contributed by atoms with Crippen molar-refractivity contribution in [2.75, 3.05) is 24.4 Å². The van der Waals surface area contributed by atoms with Crippen molar-refractivity contribution in [3.8, 4) is 11.5 Å². The molecule has 1 atom stereocenters. The van der Waals surface area contributed by atoms with Crippen LogP contribution in [0.1, 0.15) is 29.8 Å². The number of rotatable bonds is 6. The number of ether oxygens (including phenoxy) is 3. The fraction of sp³-hybridized carbons (Fsp3) is 0.300. The lowest BCUT2D eigenvalue weighted by atomic mass is 10.1. The molecule has 0 aromatic heterocycles. The van der Waals surface area contributed by atoms with Crippen LogP contribution < -0.4 is 20.1 Å². The quantitative estimate of drug-likeness (QED) is 0.816. The predicted octanol–water partition coefficient (Wildman–Crippen LogP) is 3.20. The van der Waals surface area contributed by atoms with E-state index in [9.17, 15) is 9.59 Å². The molecule has 7 heteroatoms. The van der Waals surface area contributed by atoms with E-state index in [1.165, 1.54) is 0 Å². The first-order valence-corrected chi connectivity index (χ1v) is 8.69. The summed E-state index contributed by atoms with van der Waals surface area (Å²) < 4.78 is 16.3. The standard InChI is InChI=1S/C20H22N2O5/c1-4-26-11-14-9-13(5-7-17(14)25-3)20(24)21-15-6-8-18-16(10-15)22-19(23)12(2)27-18/h5-10,12H,4,11H2,1-3H3,(H,21,24)(H,22,23)/t12-/m1/s1. The number of methoxy groups -OCH3 is 1. The van der Waals surface area contributed by atoms with Crippen LogP contribution in [0.25, 0.3) is 0 Å². The Bertz CT molecular complexity index is 865. The van der Waals surface area contributed by atoms with Gasteiger partial charge in [-0.1, -0.05) is 0 Å². The van der Waals surface area contributed by atoms with Gasteiger partial charge in [0.25, 0.3) is 11.8 Å². The van der Waals surface area contributed by atoms with E-state index in [4.69, 9.17) is 14.2 Å². The maximum Gasteiger partial charge on any atom is 0.265 e. The van der Waals surface area contributed by atoms with Gasteiger partial charge in [-0.05, 0) is 50.2 Å². The molecule has 2 amide bonds.